The van der Waals surface area contributed by atoms with Crippen LogP contribution < -0.4 is 0 Å². The second-order valence-electron chi connectivity index (χ2n) is 4.20. The molecule has 0 rings (SSSR count). The zero-order valence-corrected chi connectivity index (χ0v) is 11.3. The minimum Gasteiger partial charge on any atom is -0.341 e. The number of carbonyl (C=O) groups is 1. The van der Waals surface area contributed by atoms with Gasteiger partial charge >= 0.3 is 0 Å². The van der Waals surface area contributed by atoms with Crippen LogP contribution in [0.4, 0.5) is 0 Å². The molecule has 1 amide bonds. The van der Waals surface area contributed by atoms with Crippen LogP contribution in [0.1, 0.15) is 20.8 Å². The molecule has 0 aromatic rings. The van der Waals surface area contributed by atoms with Crippen molar-refractivity contribution in [3.05, 3.63) is 0 Å². The SMILES string of the molecule is CC(CCl)N(C)C(=O)C(C)(C)S(C)(=O)=O. The molecule has 1 atom stereocenters. The molecule has 1 unspecified atom stereocenters. The topological polar surface area (TPSA) is 54.5 Å². The summed E-state index contributed by atoms with van der Waals surface area (Å²) >= 11 is 5.61. The van der Waals surface area contributed by atoms with Crippen LogP contribution in [0, 0.1) is 0 Å². The summed E-state index contributed by atoms with van der Waals surface area (Å²) in [7, 11) is -1.86. The lowest BCUT2D eigenvalue weighted by Crippen LogP contribution is -2.51. The summed E-state index contributed by atoms with van der Waals surface area (Å²) in [6.45, 7) is 4.58. The lowest BCUT2D eigenvalue weighted by molar-refractivity contribution is -0.133. The summed E-state index contributed by atoms with van der Waals surface area (Å²) in [5.41, 5.74) is 0. The van der Waals surface area contributed by atoms with E-state index in [9.17, 15) is 13.2 Å². The minimum atomic E-state index is -3.42. The number of rotatable bonds is 4. The van der Waals surface area contributed by atoms with E-state index in [-0.39, 0.29) is 11.9 Å². The van der Waals surface area contributed by atoms with Crippen LogP contribution in [-0.4, -0.2) is 49.2 Å². The van der Waals surface area contributed by atoms with Crippen LogP contribution >= 0.6 is 11.6 Å². The van der Waals surface area contributed by atoms with Gasteiger partial charge in [0.15, 0.2) is 9.84 Å². The summed E-state index contributed by atoms with van der Waals surface area (Å²) in [6, 6.07) is -0.180. The second-order valence-corrected chi connectivity index (χ2v) is 7.08. The monoisotopic (exact) mass is 255 g/mol. The van der Waals surface area contributed by atoms with E-state index in [0.717, 1.165) is 6.26 Å². The van der Waals surface area contributed by atoms with E-state index in [1.54, 1.807) is 14.0 Å². The van der Waals surface area contributed by atoms with E-state index in [1.807, 2.05) is 0 Å². The van der Waals surface area contributed by atoms with Gasteiger partial charge in [0.05, 0.1) is 0 Å². The van der Waals surface area contributed by atoms with Gasteiger partial charge in [-0.2, -0.15) is 0 Å². The van der Waals surface area contributed by atoms with Gasteiger partial charge in [-0.25, -0.2) is 8.42 Å². The average molecular weight is 256 g/mol. The largest absolute Gasteiger partial charge is 0.341 e. The van der Waals surface area contributed by atoms with Crippen molar-refractivity contribution in [3.63, 3.8) is 0 Å². The molecule has 15 heavy (non-hydrogen) atoms. The van der Waals surface area contributed by atoms with E-state index in [4.69, 9.17) is 11.6 Å². The summed E-state index contributed by atoms with van der Waals surface area (Å²) in [6.07, 6.45) is 1.06. The molecule has 0 aliphatic carbocycles. The highest BCUT2D eigenvalue weighted by atomic mass is 35.5. The quantitative estimate of drug-likeness (QED) is 0.702. The molecule has 6 heteroatoms. The van der Waals surface area contributed by atoms with Gasteiger partial charge in [0.25, 0.3) is 0 Å². The van der Waals surface area contributed by atoms with E-state index in [1.165, 1.54) is 18.7 Å². The van der Waals surface area contributed by atoms with Crippen LogP contribution in [0.15, 0.2) is 0 Å². The van der Waals surface area contributed by atoms with Crippen molar-refractivity contribution in [2.45, 2.75) is 31.6 Å². The molecule has 0 spiro atoms. The number of nitrogens with zero attached hydrogens (tertiary/aromatic N) is 1. The van der Waals surface area contributed by atoms with E-state index < -0.39 is 20.5 Å². The Morgan fingerprint density at radius 1 is 1.47 bits per heavy atom. The van der Waals surface area contributed by atoms with Crippen molar-refractivity contribution in [2.24, 2.45) is 0 Å². The molecule has 0 aromatic carbocycles. The Labute approximate surface area is 96.5 Å². The van der Waals surface area contributed by atoms with Crippen LogP contribution in [-0.2, 0) is 14.6 Å². The third kappa shape index (κ3) is 3.08. The van der Waals surface area contributed by atoms with Gasteiger partial charge in [-0.15, -0.1) is 11.6 Å². The van der Waals surface area contributed by atoms with Crippen LogP contribution in [0.2, 0.25) is 0 Å². The molecule has 0 N–H and O–H groups in total. The van der Waals surface area contributed by atoms with Crippen molar-refractivity contribution in [3.8, 4) is 0 Å². The van der Waals surface area contributed by atoms with Gasteiger partial charge in [0.2, 0.25) is 5.91 Å². The number of carbonyl (C=O) groups excluding carboxylic acids is 1. The first-order valence-corrected chi connectivity index (χ1v) is 7.01. The molecular weight excluding hydrogens is 238 g/mol. The fourth-order valence-corrected chi connectivity index (χ4v) is 1.56. The third-order valence-electron chi connectivity index (χ3n) is 2.65. The molecule has 0 fully saturated rings. The van der Waals surface area contributed by atoms with Crippen LogP contribution in [0.25, 0.3) is 0 Å². The van der Waals surface area contributed by atoms with Gasteiger partial charge in [0, 0.05) is 25.2 Å². The van der Waals surface area contributed by atoms with E-state index in [0.29, 0.717) is 0 Å². The van der Waals surface area contributed by atoms with Crippen molar-refractivity contribution in [2.75, 3.05) is 19.2 Å². The average Bonchev–Trinajstić information content (AvgIpc) is 2.12. The van der Waals surface area contributed by atoms with Gasteiger partial charge in [-0.05, 0) is 20.8 Å². The molecular formula is C9H18ClNO3S. The Morgan fingerprint density at radius 2 is 1.87 bits per heavy atom. The first-order chi connectivity index (χ1) is 6.55. The van der Waals surface area contributed by atoms with E-state index in [2.05, 4.69) is 0 Å². The maximum absolute atomic E-state index is 11.9. The van der Waals surface area contributed by atoms with Gasteiger partial charge in [-0.3, -0.25) is 4.79 Å². The smallest absolute Gasteiger partial charge is 0.243 e. The molecule has 0 aliphatic rings. The Kier molecular flexibility index (Phi) is 4.61. The third-order valence-corrected chi connectivity index (χ3v) is 5.12. The fourth-order valence-electron chi connectivity index (χ4n) is 0.887. The predicted molar refractivity (Wildman–Crippen MR) is 61.9 cm³/mol. The Balaban J connectivity index is 5.03. The molecule has 0 radical (unpaired) electrons. The number of alkyl halides is 1. The van der Waals surface area contributed by atoms with Crippen molar-refractivity contribution < 1.29 is 13.2 Å². The van der Waals surface area contributed by atoms with Crippen molar-refractivity contribution in [1.29, 1.82) is 0 Å². The fraction of sp³-hybridized carbons (Fsp3) is 0.889. The summed E-state index contributed by atoms with van der Waals surface area (Å²) in [4.78, 5) is 13.3. The van der Waals surface area contributed by atoms with Crippen molar-refractivity contribution >= 4 is 27.3 Å². The highest BCUT2D eigenvalue weighted by Gasteiger charge is 2.41. The molecule has 0 saturated carbocycles. The number of hydrogen-bond acceptors (Lipinski definition) is 3. The highest BCUT2D eigenvalue weighted by molar-refractivity contribution is 7.92. The van der Waals surface area contributed by atoms with E-state index >= 15 is 0 Å². The number of sulfone groups is 1. The Morgan fingerprint density at radius 3 is 2.13 bits per heavy atom. The maximum atomic E-state index is 11.9. The molecule has 0 aromatic heterocycles. The number of amides is 1. The zero-order valence-electron chi connectivity index (χ0n) is 9.74. The Bertz CT molecular complexity index is 337. The summed E-state index contributed by atoms with van der Waals surface area (Å²) in [5.74, 6) is -0.152. The lowest BCUT2D eigenvalue weighted by Gasteiger charge is -2.31. The molecule has 4 nitrogen and oxygen atoms in total. The zero-order chi connectivity index (χ0) is 12.4. The van der Waals surface area contributed by atoms with Gasteiger partial charge < -0.3 is 4.90 Å². The molecule has 0 bridgehead atoms. The molecule has 90 valence electrons. The number of hydrogen-bond donors (Lipinski definition) is 0. The second kappa shape index (κ2) is 4.70. The summed E-state index contributed by atoms with van der Waals surface area (Å²) < 4.78 is 21.5. The number of halogens is 1. The highest BCUT2D eigenvalue weighted by Crippen LogP contribution is 2.19. The molecule has 0 aliphatic heterocycles. The normalized spacial score (nSPS) is 14.8. The summed E-state index contributed by atoms with van der Waals surface area (Å²) in [5, 5.41) is 0. The maximum Gasteiger partial charge on any atom is 0.243 e. The standard InChI is InChI=1S/C9H18ClNO3S/c1-7(6-10)11(4)8(12)9(2,3)15(5,13)14/h7H,6H2,1-5H3. The minimum absolute atomic E-state index is 0.180. The van der Waals surface area contributed by atoms with Crippen molar-refractivity contribution in [1.82, 2.24) is 4.90 Å². The van der Waals surface area contributed by atoms with Crippen LogP contribution in [0.3, 0.4) is 0 Å². The predicted octanol–water partition coefficient (Wildman–Crippen LogP) is 0.895. The lowest BCUT2D eigenvalue weighted by atomic mass is 10.1. The molecule has 0 heterocycles. The van der Waals surface area contributed by atoms with Gasteiger partial charge in [0.1, 0.15) is 4.75 Å². The first-order valence-electron chi connectivity index (χ1n) is 4.58. The van der Waals surface area contributed by atoms with Gasteiger partial charge in [-0.1, -0.05) is 0 Å². The molecule has 0 saturated heterocycles. The van der Waals surface area contributed by atoms with Crippen LogP contribution in [0.5, 0.6) is 0 Å². The Hall–Kier alpha value is -0.290. The first kappa shape index (κ1) is 14.7.